The molecule has 2 aromatic carbocycles. The van der Waals surface area contributed by atoms with Gasteiger partial charge in [0, 0.05) is 13.6 Å². The highest BCUT2D eigenvalue weighted by molar-refractivity contribution is 7.89. The van der Waals surface area contributed by atoms with Crippen molar-refractivity contribution < 1.29 is 36.0 Å². The van der Waals surface area contributed by atoms with Crippen LogP contribution in [0.5, 0.6) is 0 Å². The Morgan fingerprint density at radius 2 is 1.64 bits per heavy atom. The van der Waals surface area contributed by atoms with Crippen LogP contribution < -0.4 is 5.48 Å². The van der Waals surface area contributed by atoms with Gasteiger partial charge in [-0.2, -0.15) is 9.35 Å². The van der Waals surface area contributed by atoms with Crippen molar-refractivity contribution in [3.63, 3.8) is 0 Å². The average Bonchev–Trinajstić information content (AvgIpc) is 2.78. The van der Waals surface area contributed by atoms with Crippen LogP contribution in [0.1, 0.15) is 20.3 Å². The quantitative estimate of drug-likeness (QED) is 0.223. The van der Waals surface area contributed by atoms with E-state index in [1.54, 1.807) is 26.0 Å². The van der Waals surface area contributed by atoms with Crippen molar-refractivity contribution in [2.45, 2.75) is 37.3 Å². The number of benzene rings is 2. The van der Waals surface area contributed by atoms with Crippen molar-refractivity contribution in [1.29, 1.82) is 0 Å². The maximum atomic E-state index is 13.4. The molecule has 0 aromatic heterocycles. The van der Waals surface area contributed by atoms with Crippen LogP contribution in [0.2, 0.25) is 0 Å². The van der Waals surface area contributed by atoms with E-state index in [0.29, 0.717) is 4.47 Å². The summed E-state index contributed by atoms with van der Waals surface area (Å²) in [6, 6.07) is 13.9. The summed E-state index contributed by atoms with van der Waals surface area (Å²) < 4.78 is 53.2. The molecule has 0 unspecified atom stereocenters. The number of hydrogen-bond acceptors (Lipinski definition) is 9. The summed E-state index contributed by atoms with van der Waals surface area (Å²) in [5.74, 6) is -1.06. The summed E-state index contributed by atoms with van der Waals surface area (Å²) in [5.41, 5.74) is 3.12. The molecule has 2 rings (SSSR count). The minimum Gasteiger partial charge on any atom is -0.289 e. The maximum Gasteiger partial charge on any atom is 0.273 e. The summed E-state index contributed by atoms with van der Waals surface area (Å²) in [7, 11) is -6.25. The van der Waals surface area contributed by atoms with Crippen molar-refractivity contribution in [3.8, 4) is 11.1 Å². The first kappa shape index (κ1) is 26.9. The molecule has 0 bridgehead atoms. The van der Waals surface area contributed by atoms with E-state index in [9.17, 15) is 26.8 Å². The maximum absolute atomic E-state index is 13.4. The first-order chi connectivity index (χ1) is 15.6. The Bertz CT molecular complexity index is 1080. The van der Waals surface area contributed by atoms with Gasteiger partial charge in [0.1, 0.15) is 6.04 Å². The van der Waals surface area contributed by atoms with E-state index >= 15 is 0 Å². The normalized spacial score (nSPS) is 13.1. The molecule has 33 heavy (non-hydrogen) atoms. The van der Waals surface area contributed by atoms with Crippen LogP contribution >= 0.6 is 0 Å². The number of hydrogen-bond donors (Lipinski definition) is 3. The number of amides is 1. The molecule has 0 aliphatic carbocycles. The van der Waals surface area contributed by atoms with E-state index < -0.39 is 39.1 Å². The number of nitrogens with zero attached hydrogens (tertiary/aromatic N) is 2. The molecule has 0 aliphatic rings. The Balaban J connectivity index is 2.38. The third-order valence-corrected chi connectivity index (χ3v) is 6.50. The smallest absolute Gasteiger partial charge is 0.273 e. The molecule has 0 heterocycles. The average molecular weight is 502 g/mol. The lowest BCUT2D eigenvalue weighted by Gasteiger charge is -2.30. The molecule has 0 saturated carbocycles. The van der Waals surface area contributed by atoms with E-state index in [2.05, 4.69) is 4.28 Å². The second kappa shape index (κ2) is 12.2. The highest BCUT2D eigenvalue weighted by atomic mass is 32.2. The van der Waals surface area contributed by atoms with Gasteiger partial charge in [-0.05, 0) is 43.5 Å². The van der Waals surface area contributed by atoms with Crippen molar-refractivity contribution in [2.75, 3.05) is 13.6 Å². The van der Waals surface area contributed by atoms with E-state index in [1.165, 1.54) is 24.7 Å². The van der Waals surface area contributed by atoms with Crippen LogP contribution in [0.25, 0.3) is 11.1 Å². The Kier molecular flexibility index (Phi) is 9.91. The molecule has 182 valence electrons. The number of hydroxylamine groups is 4. The van der Waals surface area contributed by atoms with Crippen molar-refractivity contribution in [1.82, 2.24) is 15.0 Å². The van der Waals surface area contributed by atoms with Crippen molar-refractivity contribution >= 4 is 26.9 Å². The predicted octanol–water partition coefficient (Wildman–Crippen LogP) is 1.34. The lowest BCUT2D eigenvalue weighted by atomic mass is 10.1. The van der Waals surface area contributed by atoms with Gasteiger partial charge in [0.25, 0.3) is 26.9 Å². The van der Waals surface area contributed by atoms with Gasteiger partial charge in [0.2, 0.25) is 0 Å². The fraction of sp³-hybridized carbons (Fsp3) is 0.350. The monoisotopic (exact) mass is 501 g/mol. The van der Waals surface area contributed by atoms with Gasteiger partial charge in [-0.1, -0.05) is 46.9 Å². The van der Waals surface area contributed by atoms with Gasteiger partial charge < -0.3 is 0 Å². The zero-order valence-electron chi connectivity index (χ0n) is 18.3. The molecule has 0 saturated heterocycles. The number of nitrogens with one attached hydrogen (secondary N) is 1. The summed E-state index contributed by atoms with van der Waals surface area (Å²) in [6.45, 7) is 2.99. The van der Waals surface area contributed by atoms with E-state index in [0.717, 1.165) is 16.2 Å². The second-order valence-electron chi connectivity index (χ2n) is 7.24. The molecule has 1 amide bonds. The zero-order chi connectivity index (χ0) is 24.6. The second-order valence-corrected chi connectivity index (χ2v) is 9.63. The molecule has 1 atom stereocenters. The van der Waals surface area contributed by atoms with Gasteiger partial charge in [-0.15, -0.1) is 0 Å². The number of thiol groups is 1. The summed E-state index contributed by atoms with van der Waals surface area (Å²) in [4.78, 5) is 17.7. The van der Waals surface area contributed by atoms with Crippen molar-refractivity contribution in [2.24, 2.45) is 0 Å². The van der Waals surface area contributed by atoms with Crippen molar-refractivity contribution in [3.05, 3.63) is 54.6 Å². The minimum atomic E-state index is -4.36. The van der Waals surface area contributed by atoms with Crippen LogP contribution in [0.4, 0.5) is 0 Å². The van der Waals surface area contributed by atoms with Gasteiger partial charge in [-0.3, -0.25) is 14.8 Å². The Labute approximate surface area is 194 Å². The van der Waals surface area contributed by atoms with E-state index in [-0.39, 0.29) is 17.9 Å². The summed E-state index contributed by atoms with van der Waals surface area (Å²) in [5, 5.41) is 10.1. The third-order valence-electron chi connectivity index (χ3n) is 4.40. The molecule has 0 fully saturated rings. The highest BCUT2D eigenvalue weighted by Crippen LogP contribution is 2.25. The van der Waals surface area contributed by atoms with Crippen LogP contribution in [0, 0.1) is 0 Å². The molecule has 0 spiro atoms. The number of rotatable bonds is 12. The molecule has 2 aromatic rings. The van der Waals surface area contributed by atoms with Crippen LogP contribution in [0.15, 0.2) is 59.5 Å². The molecule has 0 radical (unpaired) electrons. The molecule has 11 nitrogen and oxygen atoms in total. The molecular weight excluding hydrogens is 474 g/mol. The standard InChI is InChI=1S/C20H27N3O8S2/c1-15(2)30-23(19(20(24)21-25)13-14-22(3)31-32(26)27)33(28,29)18-11-9-17(10-12-18)16-7-5-4-6-8-16/h4-12,15,19,25,32H,13-14H2,1-3H3,(H,21,24)/t19-/m1/s1. The van der Waals surface area contributed by atoms with Crippen LogP contribution in [-0.4, -0.2) is 63.2 Å². The number of carbonyl (C=O) groups excluding carboxylic acids is 1. The topological polar surface area (TPSA) is 143 Å². The Morgan fingerprint density at radius 1 is 1.06 bits per heavy atom. The minimum absolute atomic E-state index is 0.134. The first-order valence-corrected chi connectivity index (χ1v) is 12.4. The molecule has 2 N–H and O–H groups in total. The number of sulfonamides is 1. The van der Waals surface area contributed by atoms with Gasteiger partial charge >= 0.3 is 0 Å². The SMILES string of the molecule is CC(C)ON([C@H](CCN(C)O[SH](=O)=O)C(=O)NO)S(=O)(=O)c1ccc(-c2ccccc2)cc1. The fourth-order valence-electron chi connectivity index (χ4n) is 2.92. The van der Waals surface area contributed by atoms with Crippen LogP contribution in [-0.2, 0) is 34.9 Å². The van der Waals surface area contributed by atoms with Crippen LogP contribution in [0.3, 0.4) is 0 Å². The largest absolute Gasteiger partial charge is 0.289 e. The lowest BCUT2D eigenvalue weighted by molar-refractivity contribution is -0.168. The number of carbonyl (C=O) groups is 1. The third kappa shape index (κ3) is 7.57. The molecular formula is C20H27N3O8S2. The van der Waals surface area contributed by atoms with Gasteiger partial charge in [0.05, 0.1) is 11.0 Å². The molecule has 0 aliphatic heterocycles. The lowest BCUT2D eigenvalue weighted by Crippen LogP contribution is -2.50. The fourth-order valence-corrected chi connectivity index (χ4v) is 4.74. The van der Waals surface area contributed by atoms with Gasteiger partial charge in [0.15, 0.2) is 0 Å². The summed E-state index contributed by atoms with van der Waals surface area (Å²) in [6.07, 6.45) is -0.886. The Hall–Kier alpha value is -2.39. The Morgan fingerprint density at radius 3 is 2.15 bits per heavy atom. The summed E-state index contributed by atoms with van der Waals surface area (Å²) >= 11 is 0. The molecule has 13 heteroatoms. The first-order valence-electron chi connectivity index (χ1n) is 9.90. The van der Waals surface area contributed by atoms with Gasteiger partial charge in [-0.25, -0.2) is 22.3 Å². The van der Waals surface area contributed by atoms with E-state index in [1.807, 2.05) is 30.3 Å². The predicted molar refractivity (Wildman–Crippen MR) is 119 cm³/mol. The zero-order valence-corrected chi connectivity index (χ0v) is 20.0. The van der Waals surface area contributed by atoms with E-state index in [4.69, 9.17) is 4.84 Å². The highest BCUT2D eigenvalue weighted by Gasteiger charge is 2.38.